The second-order valence-electron chi connectivity index (χ2n) is 9.00. The summed E-state index contributed by atoms with van der Waals surface area (Å²) < 4.78 is 91.2. The number of hydrogen-bond acceptors (Lipinski definition) is 7. The number of hydrogen-bond donors (Lipinski definition) is 2. The smallest absolute Gasteiger partial charge is 0.419 e. The van der Waals surface area contributed by atoms with Gasteiger partial charge in [0.15, 0.2) is 11.5 Å². The third-order valence-electron chi connectivity index (χ3n) is 6.02. The fraction of sp³-hybridized carbons (Fsp3) is 0.308. The molecule has 8 nitrogen and oxygen atoms in total. The van der Waals surface area contributed by atoms with Crippen molar-refractivity contribution < 1.29 is 40.5 Å². The summed E-state index contributed by atoms with van der Waals surface area (Å²) in [7, 11) is -1.26. The van der Waals surface area contributed by atoms with E-state index in [1.54, 1.807) is 25.1 Å². The SMILES string of the molecule is COc1ccc(Oc2ccc(S(=O)(=O)Nc3ccc(C(F)(F)F)c(O[C@]4(C)CCNC4)c3)cc2Cl)cc1OC. The van der Waals surface area contributed by atoms with Crippen LogP contribution in [0, 0.1) is 0 Å². The molecule has 39 heavy (non-hydrogen) atoms. The largest absolute Gasteiger partial charge is 0.493 e. The standard InChI is InChI=1S/C26H26ClF3N2O6S/c1-25(10-11-31-15-25)38-23-12-16(4-7-19(23)26(28,29)30)32-39(33,34)18-6-9-21(20(27)14-18)37-17-5-8-22(35-2)24(13-17)36-3/h4-9,12-14,31-32H,10-11,15H2,1-3H3/t25-/m1/s1. The summed E-state index contributed by atoms with van der Waals surface area (Å²) in [4.78, 5) is -0.221. The molecular formula is C26H26ClF3N2O6S. The van der Waals surface area contributed by atoms with Crippen LogP contribution in [0.5, 0.6) is 28.7 Å². The average molecular weight is 587 g/mol. The molecule has 1 fully saturated rings. The van der Waals surface area contributed by atoms with Crippen molar-refractivity contribution >= 4 is 27.3 Å². The Kier molecular flexibility index (Phi) is 8.10. The lowest BCUT2D eigenvalue weighted by atomic mass is 10.1. The van der Waals surface area contributed by atoms with Crippen LogP contribution in [0.3, 0.4) is 0 Å². The van der Waals surface area contributed by atoms with Crippen LogP contribution in [0.1, 0.15) is 18.9 Å². The molecule has 4 rings (SSSR count). The van der Waals surface area contributed by atoms with E-state index < -0.39 is 33.1 Å². The third kappa shape index (κ3) is 6.63. The normalized spacial score (nSPS) is 17.5. The highest BCUT2D eigenvalue weighted by Crippen LogP contribution is 2.41. The minimum Gasteiger partial charge on any atom is -0.493 e. The monoisotopic (exact) mass is 586 g/mol. The molecule has 0 radical (unpaired) electrons. The molecule has 1 atom stereocenters. The first kappa shape index (κ1) is 28.7. The van der Waals surface area contributed by atoms with Crippen molar-refractivity contribution in [3.8, 4) is 28.7 Å². The molecule has 0 amide bonds. The van der Waals surface area contributed by atoms with E-state index in [9.17, 15) is 21.6 Å². The maximum absolute atomic E-state index is 13.6. The van der Waals surface area contributed by atoms with Gasteiger partial charge in [-0.1, -0.05) is 11.6 Å². The van der Waals surface area contributed by atoms with Gasteiger partial charge in [0.25, 0.3) is 10.0 Å². The molecule has 0 saturated carbocycles. The van der Waals surface area contributed by atoms with Gasteiger partial charge in [-0.05, 0) is 55.9 Å². The Morgan fingerprint density at radius 3 is 2.28 bits per heavy atom. The lowest BCUT2D eigenvalue weighted by molar-refractivity contribution is -0.139. The number of nitrogens with one attached hydrogen (secondary N) is 2. The number of ether oxygens (including phenoxy) is 4. The fourth-order valence-electron chi connectivity index (χ4n) is 4.00. The molecule has 1 aliphatic heterocycles. The molecule has 1 aliphatic rings. The van der Waals surface area contributed by atoms with Crippen LogP contribution in [-0.2, 0) is 16.2 Å². The highest BCUT2D eigenvalue weighted by atomic mass is 35.5. The zero-order valence-corrected chi connectivity index (χ0v) is 22.8. The zero-order valence-electron chi connectivity index (χ0n) is 21.2. The lowest BCUT2D eigenvalue weighted by Crippen LogP contribution is -2.35. The molecule has 0 aliphatic carbocycles. The maximum atomic E-state index is 13.6. The van der Waals surface area contributed by atoms with Gasteiger partial charge in [0, 0.05) is 25.1 Å². The molecule has 0 aromatic heterocycles. The number of benzene rings is 3. The molecule has 1 saturated heterocycles. The van der Waals surface area contributed by atoms with E-state index in [0.29, 0.717) is 36.8 Å². The van der Waals surface area contributed by atoms with E-state index in [-0.39, 0.29) is 21.4 Å². The Balaban J connectivity index is 1.57. The van der Waals surface area contributed by atoms with Crippen molar-refractivity contribution in [2.24, 2.45) is 0 Å². The van der Waals surface area contributed by atoms with Crippen LogP contribution < -0.4 is 29.0 Å². The van der Waals surface area contributed by atoms with Gasteiger partial charge in [-0.2, -0.15) is 13.2 Å². The highest BCUT2D eigenvalue weighted by molar-refractivity contribution is 7.92. The summed E-state index contributed by atoms with van der Waals surface area (Å²) in [6, 6.07) is 11.5. The van der Waals surface area contributed by atoms with Crippen LogP contribution in [-0.4, -0.2) is 41.3 Å². The summed E-state index contributed by atoms with van der Waals surface area (Å²) in [5, 5.41) is 3.04. The van der Waals surface area contributed by atoms with Crippen molar-refractivity contribution in [3.05, 3.63) is 65.2 Å². The van der Waals surface area contributed by atoms with Crippen LogP contribution in [0.25, 0.3) is 0 Å². The summed E-state index contributed by atoms with van der Waals surface area (Å²) in [6.07, 6.45) is -4.19. The number of methoxy groups -OCH3 is 2. The summed E-state index contributed by atoms with van der Waals surface area (Å²) in [5.41, 5.74) is -1.97. The van der Waals surface area contributed by atoms with Gasteiger partial charge in [0.05, 0.1) is 35.4 Å². The summed E-state index contributed by atoms with van der Waals surface area (Å²) in [6.45, 7) is 2.64. The van der Waals surface area contributed by atoms with E-state index in [1.807, 2.05) is 0 Å². The van der Waals surface area contributed by atoms with Crippen molar-refractivity contribution in [2.75, 3.05) is 32.0 Å². The van der Waals surface area contributed by atoms with Gasteiger partial charge in [-0.25, -0.2) is 8.42 Å². The third-order valence-corrected chi connectivity index (χ3v) is 7.70. The number of sulfonamides is 1. The van der Waals surface area contributed by atoms with Crippen LogP contribution >= 0.6 is 11.6 Å². The Morgan fingerprint density at radius 1 is 0.949 bits per heavy atom. The van der Waals surface area contributed by atoms with Gasteiger partial charge in [0.2, 0.25) is 0 Å². The summed E-state index contributed by atoms with van der Waals surface area (Å²) >= 11 is 6.30. The quantitative estimate of drug-likeness (QED) is 0.313. The van der Waals surface area contributed by atoms with Crippen LogP contribution in [0.2, 0.25) is 5.02 Å². The Hall–Kier alpha value is -3.35. The molecule has 3 aromatic carbocycles. The first-order chi connectivity index (χ1) is 18.3. The minimum absolute atomic E-state index is 0.00856. The van der Waals surface area contributed by atoms with Gasteiger partial charge >= 0.3 is 6.18 Å². The molecular weight excluding hydrogens is 561 g/mol. The molecule has 0 bridgehead atoms. The fourth-order valence-corrected chi connectivity index (χ4v) is 5.36. The number of anilines is 1. The van der Waals surface area contributed by atoms with E-state index in [0.717, 1.165) is 18.2 Å². The Bertz CT molecular complexity index is 1460. The molecule has 3 aromatic rings. The van der Waals surface area contributed by atoms with Gasteiger partial charge < -0.3 is 24.3 Å². The van der Waals surface area contributed by atoms with Crippen molar-refractivity contribution in [1.29, 1.82) is 0 Å². The van der Waals surface area contributed by atoms with Gasteiger partial charge in [-0.3, -0.25) is 4.72 Å². The lowest BCUT2D eigenvalue weighted by Gasteiger charge is -2.27. The van der Waals surface area contributed by atoms with E-state index in [1.165, 1.54) is 32.4 Å². The zero-order chi connectivity index (χ0) is 28.4. The van der Waals surface area contributed by atoms with Crippen molar-refractivity contribution in [3.63, 3.8) is 0 Å². The Morgan fingerprint density at radius 2 is 1.67 bits per heavy atom. The highest BCUT2D eigenvalue weighted by Gasteiger charge is 2.38. The first-order valence-corrected chi connectivity index (χ1v) is 13.5. The second-order valence-corrected chi connectivity index (χ2v) is 11.1. The minimum atomic E-state index is -4.69. The molecule has 210 valence electrons. The molecule has 2 N–H and O–H groups in total. The summed E-state index contributed by atoms with van der Waals surface area (Å²) in [5.74, 6) is 0.991. The molecule has 13 heteroatoms. The molecule has 0 unspecified atom stereocenters. The second kappa shape index (κ2) is 11.0. The number of halogens is 4. The predicted octanol–water partition coefficient (Wildman–Crippen LogP) is 6.10. The first-order valence-electron chi connectivity index (χ1n) is 11.7. The van der Waals surface area contributed by atoms with Crippen LogP contribution in [0.15, 0.2) is 59.5 Å². The maximum Gasteiger partial charge on any atom is 0.419 e. The van der Waals surface area contributed by atoms with Gasteiger partial charge in [0.1, 0.15) is 22.8 Å². The molecule has 1 heterocycles. The number of alkyl halides is 3. The van der Waals surface area contributed by atoms with E-state index in [4.69, 9.17) is 30.5 Å². The van der Waals surface area contributed by atoms with Gasteiger partial charge in [-0.15, -0.1) is 0 Å². The predicted molar refractivity (Wildman–Crippen MR) is 140 cm³/mol. The molecule has 0 spiro atoms. The van der Waals surface area contributed by atoms with E-state index in [2.05, 4.69) is 10.0 Å². The van der Waals surface area contributed by atoms with Crippen molar-refractivity contribution in [1.82, 2.24) is 5.32 Å². The average Bonchev–Trinajstić information content (AvgIpc) is 3.29. The Labute approximate surface area is 229 Å². The van der Waals surface area contributed by atoms with E-state index >= 15 is 0 Å². The topological polar surface area (TPSA) is 95.1 Å². The number of rotatable bonds is 9. The van der Waals surface area contributed by atoms with Crippen molar-refractivity contribution in [2.45, 2.75) is 30.0 Å². The van der Waals surface area contributed by atoms with Crippen LogP contribution in [0.4, 0.5) is 18.9 Å².